The topological polar surface area (TPSA) is 50.4 Å². The lowest BCUT2D eigenvalue weighted by atomic mass is 10.0. The minimum Gasteiger partial charge on any atom is -0.481 e. The van der Waals surface area contributed by atoms with Gasteiger partial charge in [-0.3, -0.25) is 4.79 Å². The van der Waals surface area contributed by atoms with Gasteiger partial charge in [-0.25, -0.2) is 0 Å². The van der Waals surface area contributed by atoms with E-state index in [-0.39, 0.29) is 12.3 Å². The summed E-state index contributed by atoms with van der Waals surface area (Å²) in [7, 11) is 0. The monoisotopic (exact) mass is 194 g/mol. The number of rotatable bonds is 3. The van der Waals surface area contributed by atoms with Crippen molar-refractivity contribution in [3.8, 4) is 0 Å². The Bertz CT molecular complexity index is 351. The van der Waals surface area contributed by atoms with Gasteiger partial charge in [0.25, 0.3) is 0 Å². The quantitative estimate of drug-likeness (QED) is 0.803. The molecule has 0 fully saturated rings. The molecule has 0 radical (unpaired) electrons. The van der Waals surface area contributed by atoms with Crippen molar-refractivity contribution in [3.63, 3.8) is 0 Å². The van der Waals surface area contributed by atoms with Gasteiger partial charge in [0.05, 0.1) is 6.42 Å². The van der Waals surface area contributed by atoms with E-state index in [4.69, 9.17) is 9.52 Å². The Morgan fingerprint density at radius 2 is 2.50 bits per heavy atom. The number of furan rings is 1. The fraction of sp³-hybridized carbons (Fsp3) is 0.545. The molecule has 14 heavy (non-hydrogen) atoms. The van der Waals surface area contributed by atoms with E-state index in [0.717, 1.165) is 30.8 Å². The zero-order valence-electron chi connectivity index (χ0n) is 8.25. The maximum absolute atomic E-state index is 10.6. The molecule has 1 aromatic heterocycles. The summed E-state index contributed by atoms with van der Waals surface area (Å²) in [5.41, 5.74) is 1.22. The molecule has 1 aromatic rings. The average Bonchev–Trinajstić information content (AvgIpc) is 2.66. The van der Waals surface area contributed by atoms with Gasteiger partial charge in [0, 0.05) is 12.3 Å². The molecule has 1 N–H and O–H groups in total. The van der Waals surface area contributed by atoms with Crippen LogP contribution in [0.4, 0.5) is 0 Å². The van der Waals surface area contributed by atoms with Crippen molar-refractivity contribution in [2.75, 3.05) is 0 Å². The number of hydrogen-bond acceptors (Lipinski definition) is 2. The molecule has 2 rings (SSSR count). The van der Waals surface area contributed by atoms with Crippen LogP contribution in [0.3, 0.4) is 0 Å². The van der Waals surface area contributed by atoms with Gasteiger partial charge in [0.15, 0.2) is 0 Å². The standard InChI is InChI=1S/C11H14O3/c1-2-9-5-7-3-4-8(6-10(12)13)11(7)14-9/h5,8H,2-4,6H2,1H3,(H,12,13). The smallest absolute Gasteiger partial charge is 0.304 e. The largest absolute Gasteiger partial charge is 0.481 e. The highest BCUT2D eigenvalue weighted by Gasteiger charge is 2.28. The first-order valence-electron chi connectivity index (χ1n) is 5.04. The molecular formula is C11H14O3. The predicted molar refractivity (Wildman–Crippen MR) is 51.4 cm³/mol. The van der Waals surface area contributed by atoms with Crippen LogP contribution in [0, 0.1) is 0 Å². The van der Waals surface area contributed by atoms with Crippen molar-refractivity contribution in [2.24, 2.45) is 0 Å². The van der Waals surface area contributed by atoms with E-state index in [2.05, 4.69) is 6.07 Å². The second kappa shape index (κ2) is 3.48. The molecule has 1 heterocycles. The normalized spacial score (nSPS) is 19.6. The van der Waals surface area contributed by atoms with Gasteiger partial charge in [0.1, 0.15) is 11.5 Å². The van der Waals surface area contributed by atoms with Gasteiger partial charge >= 0.3 is 5.97 Å². The fourth-order valence-corrected chi connectivity index (χ4v) is 2.08. The number of aryl methyl sites for hydroxylation is 2. The molecule has 0 saturated carbocycles. The van der Waals surface area contributed by atoms with Crippen LogP contribution in [0.15, 0.2) is 10.5 Å². The van der Waals surface area contributed by atoms with Crippen LogP contribution in [-0.2, 0) is 17.6 Å². The molecule has 0 amide bonds. The maximum atomic E-state index is 10.6. The predicted octanol–water partition coefficient (Wildman–Crippen LogP) is 2.35. The highest BCUT2D eigenvalue weighted by atomic mass is 16.4. The van der Waals surface area contributed by atoms with Gasteiger partial charge in [0.2, 0.25) is 0 Å². The summed E-state index contributed by atoms with van der Waals surface area (Å²) in [6.07, 6.45) is 2.97. The van der Waals surface area contributed by atoms with E-state index in [9.17, 15) is 4.79 Å². The summed E-state index contributed by atoms with van der Waals surface area (Å²) in [5.74, 6) is 1.26. The third kappa shape index (κ3) is 1.54. The summed E-state index contributed by atoms with van der Waals surface area (Å²) in [6.45, 7) is 2.04. The molecule has 1 aliphatic carbocycles. The van der Waals surface area contributed by atoms with Crippen LogP contribution < -0.4 is 0 Å². The second-order valence-corrected chi connectivity index (χ2v) is 3.79. The van der Waals surface area contributed by atoms with Crippen molar-refractivity contribution in [3.05, 3.63) is 23.2 Å². The van der Waals surface area contributed by atoms with Crippen LogP contribution in [0.25, 0.3) is 0 Å². The Kier molecular flexibility index (Phi) is 2.32. The average molecular weight is 194 g/mol. The summed E-state index contributed by atoms with van der Waals surface area (Å²) in [4.78, 5) is 10.6. The first-order chi connectivity index (χ1) is 6.70. The number of hydrogen-bond donors (Lipinski definition) is 1. The number of carboxylic acid groups (broad SMARTS) is 1. The van der Waals surface area contributed by atoms with Gasteiger partial charge in [-0.05, 0) is 24.5 Å². The third-order valence-electron chi connectivity index (χ3n) is 2.80. The van der Waals surface area contributed by atoms with E-state index in [0.29, 0.717) is 0 Å². The Hall–Kier alpha value is -1.25. The Morgan fingerprint density at radius 1 is 1.71 bits per heavy atom. The lowest BCUT2D eigenvalue weighted by Gasteiger charge is -2.04. The van der Waals surface area contributed by atoms with Crippen molar-refractivity contribution in [1.29, 1.82) is 0 Å². The summed E-state index contributed by atoms with van der Waals surface area (Å²) >= 11 is 0. The SMILES string of the molecule is CCc1cc2c(o1)C(CC(=O)O)CC2. The third-order valence-corrected chi connectivity index (χ3v) is 2.80. The van der Waals surface area contributed by atoms with Crippen LogP contribution in [0.2, 0.25) is 0 Å². The van der Waals surface area contributed by atoms with Crippen molar-refractivity contribution >= 4 is 5.97 Å². The molecule has 3 heteroatoms. The molecule has 1 aliphatic rings. The van der Waals surface area contributed by atoms with E-state index in [1.807, 2.05) is 6.92 Å². The molecular weight excluding hydrogens is 180 g/mol. The minimum absolute atomic E-state index is 0.0998. The number of aliphatic carboxylic acids is 1. The van der Waals surface area contributed by atoms with Crippen LogP contribution in [-0.4, -0.2) is 11.1 Å². The zero-order chi connectivity index (χ0) is 10.1. The van der Waals surface area contributed by atoms with Gasteiger partial charge < -0.3 is 9.52 Å². The number of carboxylic acids is 1. The summed E-state index contributed by atoms with van der Waals surface area (Å²) in [6, 6.07) is 2.07. The second-order valence-electron chi connectivity index (χ2n) is 3.79. The first kappa shape index (κ1) is 9.31. The van der Waals surface area contributed by atoms with E-state index in [1.165, 1.54) is 5.56 Å². The molecule has 0 aliphatic heterocycles. The number of fused-ring (bicyclic) bond motifs is 1. The van der Waals surface area contributed by atoms with Crippen molar-refractivity contribution in [2.45, 2.75) is 38.5 Å². The summed E-state index contributed by atoms with van der Waals surface area (Å²) < 4.78 is 5.63. The fourth-order valence-electron chi connectivity index (χ4n) is 2.08. The lowest BCUT2D eigenvalue weighted by molar-refractivity contribution is -0.137. The van der Waals surface area contributed by atoms with Gasteiger partial charge in [-0.15, -0.1) is 0 Å². The first-order valence-corrected chi connectivity index (χ1v) is 5.04. The Morgan fingerprint density at radius 3 is 3.14 bits per heavy atom. The van der Waals surface area contributed by atoms with Crippen molar-refractivity contribution < 1.29 is 14.3 Å². The Labute approximate surface area is 82.7 Å². The number of carbonyl (C=O) groups is 1. The van der Waals surface area contributed by atoms with Crippen LogP contribution in [0.1, 0.15) is 42.8 Å². The van der Waals surface area contributed by atoms with E-state index >= 15 is 0 Å². The summed E-state index contributed by atoms with van der Waals surface area (Å²) in [5, 5.41) is 8.72. The van der Waals surface area contributed by atoms with E-state index < -0.39 is 5.97 Å². The van der Waals surface area contributed by atoms with Crippen molar-refractivity contribution in [1.82, 2.24) is 0 Å². The highest BCUT2D eigenvalue weighted by molar-refractivity contribution is 5.68. The lowest BCUT2D eigenvalue weighted by Crippen LogP contribution is -2.02. The molecule has 0 spiro atoms. The molecule has 3 nitrogen and oxygen atoms in total. The van der Waals surface area contributed by atoms with Crippen LogP contribution >= 0.6 is 0 Å². The zero-order valence-corrected chi connectivity index (χ0v) is 8.25. The van der Waals surface area contributed by atoms with Gasteiger partial charge in [-0.2, -0.15) is 0 Å². The Balaban J connectivity index is 2.20. The van der Waals surface area contributed by atoms with Gasteiger partial charge in [-0.1, -0.05) is 6.92 Å². The molecule has 0 saturated heterocycles. The van der Waals surface area contributed by atoms with Crippen LogP contribution in [0.5, 0.6) is 0 Å². The maximum Gasteiger partial charge on any atom is 0.304 e. The van der Waals surface area contributed by atoms with E-state index in [1.54, 1.807) is 0 Å². The molecule has 1 atom stereocenters. The minimum atomic E-state index is -0.739. The molecule has 76 valence electrons. The molecule has 0 bridgehead atoms. The molecule has 1 unspecified atom stereocenters. The highest BCUT2D eigenvalue weighted by Crippen LogP contribution is 2.37. The molecule has 0 aromatic carbocycles.